The van der Waals surface area contributed by atoms with E-state index in [2.05, 4.69) is 40.2 Å². The van der Waals surface area contributed by atoms with Crippen molar-refractivity contribution in [3.8, 4) is 22.6 Å². The van der Waals surface area contributed by atoms with Crippen LogP contribution in [-0.2, 0) is 24.2 Å². The molecule has 0 aliphatic heterocycles. The lowest BCUT2D eigenvalue weighted by Gasteiger charge is -2.13. The second-order valence-corrected chi connectivity index (χ2v) is 10.5. The number of aryl methyl sites for hydroxylation is 2. The molecule has 1 aromatic heterocycles. The molecule has 0 aliphatic rings. The molecule has 0 saturated carbocycles. The first-order valence-electron chi connectivity index (χ1n) is 14.9. The highest BCUT2D eigenvalue weighted by atomic mass is 16.5. The van der Waals surface area contributed by atoms with Gasteiger partial charge in [0.15, 0.2) is 11.5 Å². The van der Waals surface area contributed by atoms with Crippen LogP contribution >= 0.6 is 0 Å². The Kier molecular flexibility index (Phi) is 10.3. The zero-order chi connectivity index (χ0) is 29.9. The van der Waals surface area contributed by atoms with E-state index in [1.807, 2.05) is 85.8 Å². The average Bonchev–Trinajstić information content (AvgIpc) is 3.40. The highest BCUT2D eigenvalue weighted by Crippen LogP contribution is 2.29. The SMILES string of the molecule is C/C=C/c1ccc(OCCCn2c(CCCNC(=O)Cc3ccc(-c4ccccc4)cc3)nc3ccccc32)c(OC)c1. The maximum absolute atomic E-state index is 12.6. The third-order valence-corrected chi connectivity index (χ3v) is 7.39. The first-order valence-corrected chi connectivity index (χ1v) is 14.9. The van der Waals surface area contributed by atoms with Crippen LogP contribution in [0.25, 0.3) is 28.2 Å². The molecule has 220 valence electrons. The number of carbonyl (C=O) groups is 1. The van der Waals surface area contributed by atoms with Crippen LogP contribution in [0.3, 0.4) is 0 Å². The molecule has 0 aliphatic carbocycles. The van der Waals surface area contributed by atoms with Gasteiger partial charge in [0.25, 0.3) is 0 Å². The summed E-state index contributed by atoms with van der Waals surface area (Å²) >= 11 is 0. The van der Waals surface area contributed by atoms with Crippen molar-refractivity contribution in [2.45, 2.75) is 39.2 Å². The van der Waals surface area contributed by atoms with Crippen molar-refractivity contribution in [3.63, 3.8) is 0 Å². The second-order valence-electron chi connectivity index (χ2n) is 10.5. The molecule has 0 fully saturated rings. The standard InChI is InChI=1S/C37H39N3O3/c1-3-11-28-19-22-34(35(26-28)42-2)43-25-10-24-40-33-15-8-7-14-32(33)39-36(40)16-9-23-38-37(41)27-29-17-20-31(21-18-29)30-12-5-4-6-13-30/h3-8,11-15,17-22,26H,9-10,16,23-25,27H2,1-2H3,(H,38,41)/b11-3+. The van der Waals surface area contributed by atoms with Crippen LogP contribution in [0, 0.1) is 0 Å². The fraction of sp³-hybridized carbons (Fsp3) is 0.243. The number of benzene rings is 4. The van der Waals surface area contributed by atoms with Gasteiger partial charge in [-0.2, -0.15) is 0 Å². The molecular weight excluding hydrogens is 534 g/mol. The smallest absolute Gasteiger partial charge is 0.224 e. The molecule has 1 heterocycles. The van der Waals surface area contributed by atoms with Crippen LogP contribution in [0.4, 0.5) is 0 Å². The normalized spacial score (nSPS) is 11.2. The van der Waals surface area contributed by atoms with Gasteiger partial charge in [0, 0.05) is 19.5 Å². The number of ether oxygens (including phenoxy) is 2. The number of rotatable bonds is 14. The molecule has 1 amide bonds. The number of amides is 1. The minimum Gasteiger partial charge on any atom is -0.493 e. The molecular formula is C37H39N3O3. The molecule has 0 unspecified atom stereocenters. The monoisotopic (exact) mass is 573 g/mol. The summed E-state index contributed by atoms with van der Waals surface area (Å²) in [5, 5.41) is 3.08. The van der Waals surface area contributed by atoms with Crippen molar-refractivity contribution in [1.82, 2.24) is 14.9 Å². The first kappa shape index (κ1) is 29.6. The fourth-order valence-corrected chi connectivity index (χ4v) is 5.24. The number of aromatic nitrogens is 2. The van der Waals surface area contributed by atoms with Gasteiger partial charge in [-0.1, -0.05) is 84.9 Å². The van der Waals surface area contributed by atoms with Crippen molar-refractivity contribution >= 4 is 23.0 Å². The predicted molar refractivity (Wildman–Crippen MR) is 174 cm³/mol. The number of carbonyl (C=O) groups excluding carboxylic acids is 1. The van der Waals surface area contributed by atoms with Gasteiger partial charge in [-0.15, -0.1) is 0 Å². The summed E-state index contributed by atoms with van der Waals surface area (Å²) in [4.78, 5) is 17.5. The van der Waals surface area contributed by atoms with E-state index in [4.69, 9.17) is 14.5 Å². The van der Waals surface area contributed by atoms with Gasteiger partial charge in [0.1, 0.15) is 5.82 Å². The first-order chi connectivity index (χ1) is 21.1. The van der Waals surface area contributed by atoms with Crippen molar-refractivity contribution in [1.29, 1.82) is 0 Å². The summed E-state index contributed by atoms with van der Waals surface area (Å²) in [7, 11) is 1.66. The Labute approximate surface area is 254 Å². The van der Waals surface area contributed by atoms with E-state index in [1.165, 1.54) is 5.56 Å². The number of allylic oxidation sites excluding steroid dienone is 1. The van der Waals surface area contributed by atoms with Crippen LogP contribution in [0.5, 0.6) is 11.5 Å². The number of para-hydroxylation sites is 2. The lowest BCUT2D eigenvalue weighted by atomic mass is 10.0. The van der Waals surface area contributed by atoms with E-state index >= 15 is 0 Å². The Morgan fingerprint density at radius 3 is 2.44 bits per heavy atom. The molecule has 0 spiro atoms. The number of methoxy groups -OCH3 is 1. The third-order valence-electron chi connectivity index (χ3n) is 7.39. The van der Waals surface area contributed by atoms with Gasteiger partial charge in [-0.3, -0.25) is 4.79 Å². The number of nitrogens with one attached hydrogen (secondary N) is 1. The lowest BCUT2D eigenvalue weighted by Crippen LogP contribution is -2.26. The van der Waals surface area contributed by atoms with Gasteiger partial charge in [0.2, 0.25) is 5.91 Å². The summed E-state index contributed by atoms with van der Waals surface area (Å²) in [6.45, 7) is 3.96. The lowest BCUT2D eigenvalue weighted by molar-refractivity contribution is -0.120. The second kappa shape index (κ2) is 14.9. The summed E-state index contributed by atoms with van der Waals surface area (Å²) in [5.74, 6) is 2.54. The van der Waals surface area contributed by atoms with Gasteiger partial charge in [-0.05, 0) is 66.3 Å². The molecule has 0 bridgehead atoms. The summed E-state index contributed by atoms with van der Waals surface area (Å²) in [6.07, 6.45) is 6.83. The quantitative estimate of drug-likeness (QED) is 0.140. The molecule has 6 heteroatoms. The molecule has 0 radical (unpaired) electrons. The topological polar surface area (TPSA) is 65.4 Å². The van der Waals surface area contributed by atoms with Crippen molar-refractivity contribution < 1.29 is 14.3 Å². The average molecular weight is 574 g/mol. The van der Waals surface area contributed by atoms with Gasteiger partial charge < -0.3 is 19.4 Å². The number of hydrogen-bond acceptors (Lipinski definition) is 4. The molecule has 6 nitrogen and oxygen atoms in total. The minimum atomic E-state index is 0.0345. The highest BCUT2D eigenvalue weighted by molar-refractivity contribution is 5.79. The van der Waals surface area contributed by atoms with E-state index < -0.39 is 0 Å². The largest absolute Gasteiger partial charge is 0.493 e. The van der Waals surface area contributed by atoms with Crippen LogP contribution in [0.1, 0.15) is 36.7 Å². The van der Waals surface area contributed by atoms with Crippen LogP contribution in [0.2, 0.25) is 0 Å². The maximum Gasteiger partial charge on any atom is 0.224 e. The van der Waals surface area contributed by atoms with Crippen LogP contribution in [-0.4, -0.2) is 35.7 Å². The van der Waals surface area contributed by atoms with Gasteiger partial charge in [0.05, 0.1) is 31.2 Å². The van der Waals surface area contributed by atoms with Crippen LogP contribution < -0.4 is 14.8 Å². The zero-order valence-electron chi connectivity index (χ0n) is 25.0. The third kappa shape index (κ3) is 7.92. The van der Waals surface area contributed by atoms with Crippen molar-refractivity contribution in [2.24, 2.45) is 0 Å². The van der Waals surface area contributed by atoms with E-state index in [1.54, 1.807) is 7.11 Å². The zero-order valence-corrected chi connectivity index (χ0v) is 25.0. The predicted octanol–water partition coefficient (Wildman–Crippen LogP) is 7.51. The molecule has 0 saturated heterocycles. The fourth-order valence-electron chi connectivity index (χ4n) is 5.24. The number of nitrogens with zero attached hydrogens (tertiary/aromatic N) is 2. The minimum absolute atomic E-state index is 0.0345. The number of hydrogen-bond donors (Lipinski definition) is 1. The van der Waals surface area contributed by atoms with Gasteiger partial charge >= 0.3 is 0 Å². The molecule has 0 atom stereocenters. The highest BCUT2D eigenvalue weighted by Gasteiger charge is 2.12. The van der Waals surface area contributed by atoms with E-state index in [0.717, 1.165) is 70.9 Å². The van der Waals surface area contributed by atoms with E-state index in [0.29, 0.717) is 19.6 Å². The summed E-state index contributed by atoms with van der Waals surface area (Å²) < 4.78 is 13.9. The Morgan fingerprint density at radius 1 is 0.884 bits per heavy atom. The number of fused-ring (bicyclic) bond motifs is 1. The Morgan fingerprint density at radius 2 is 1.65 bits per heavy atom. The Hall–Kier alpha value is -4.84. The van der Waals surface area contributed by atoms with Crippen LogP contribution in [0.15, 0.2) is 103 Å². The van der Waals surface area contributed by atoms with Gasteiger partial charge in [-0.25, -0.2) is 4.98 Å². The Bertz CT molecular complexity index is 1660. The Balaban J connectivity index is 1.11. The van der Waals surface area contributed by atoms with Crippen molar-refractivity contribution in [2.75, 3.05) is 20.3 Å². The van der Waals surface area contributed by atoms with E-state index in [-0.39, 0.29) is 5.91 Å². The molecule has 1 N–H and O–H groups in total. The summed E-state index contributed by atoms with van der Waals surface area (Å²) in [6, 6.07) is 32.7. The maximum atomic E-state index is 12.6. The molecule has 5 aromatic rings. The summed E-state index contributed by atoms with van der Waals surface area (Å²) in [5.41, 5.74) is 6.52. The molecule has 43 heavy (non-hydrogen) atoms. The molecule has 5 rings (SSSR count). The number of imidazole rings is 1. The van der Waals surface area contributed by atoms with Crippen molar-refractivity contribution in [3.05, 3.63) is 120 Å². The van der Waals surface area contributed by atoms with E-state index in [9.17, 15) is 4.79 Å². The molecule has 4 aromatic carbocycles.